The third-order valence-corrected chi connectivity index (χ3v) is 2.98. The molecule has 96 valence electrons. The van der Waals surface area contributed by atoms with Crippen LogP contribution in [0, 0.1) is 6.92 Å². The first-order valence-electron chi connectivity index (χ1n) is 5.63. The first kappa shape index (κ1) is 12.5. The Morgan fingerprint density at radius 2 is 2.17 bits per heavy atom. The van der Waals surface area contributed by atoms with Gasteiger partial charge in [-0.2, -0.15) is 0 Å². The van der Waals surface area contributed by atoms with Gasteiger partial charge >= 0.3 is 5.97 Å². The highest BCUT2D eigenvalue weighted by atomic mass is 16.4. The maximum Gasteiger partial charge on any atom is 0.326 e. The summed E-state index contributed by atoms with van der Waals surface area (Å²) in [4.78, 5) is 28.3. The van der Waals surface area contributed by atoms with Gasteiger partial charge in [0.15, 0.2) is 0 Å². The lowest BCUT2D eigenvalue weighted by Gasteiger charge is -2.20. The lowest BCUT2D eigenvalue weighted by atomic mass is 10.2. The molecule has 1 aromatic heterocycles. The van der Waals surface area contributed by atoms with E-state index in [0.717, 1.165) is 5.69 Å². The van der Waals surface area contributed by atoms with Crippen molar-refractivity contribution in [3.8, 4) is 0 Å². The molecule has 0 aromatic carbocycles. The van der Waals surface area contributed by atoms with Crippen molar-refractivity contribution in [3.05, 3.63) is 29.6 Å². The van der Waals surface area contributed by atoms with Crippen LogP contribution < -0.4 is 0 Å². The summed E-state index contributed by atoms with van der Waals surface area (Å²) in [5.41, 5.74) is 1.11. The number of rotatable bonds is 2. The lowest BCUT2D eigenvalue weighted by Crippen LogP contribution is -2.40. The Bertz CT molecular complexity index is 471. The summed E-state index contributed by atoms with van der Waals surface area (Å²) in [6.45, 7) is 1.84. The van der Waals surface area contributed by atoms with E-state index in [-0.39, 0.29) is 13.0 Å². The number of aliphatic carboxylic acids is 1. The predicted molar refractivity (Wildman–Crippen MR) is 62.1 cm³/mol. The summed E-state index contributed by atoms with van der Waals surface area (Å²) in [6.07, 6.45) is 0.704. The molecule has 6 nitrogen and oxygen atoms in total. The third-order valence-electron chi connectivity index (χ3n) is 2.98. The topological polar surface area (TPSA) is 90.7 Å². The number of hydrogen-bond acceptors (Lipinski definition) is 4. The standard InChI is InChI=1S/C12H14N2O4/c1-7-2-3-8(5-13-7)11(16)14-6-9(15)4-10(14)12(17)18/h2-3,5,9-10,15H,4,6H2,1H3,(H,17,18)/t9-,10+/m1/s1. The molecule has 1 saturated heterocycles. The summed E-state index contributed by atoms with van der Waals surface area (Å²) in [6, 6.07) is 2.33. The van der Waals surface area contributed by atoms with Gasteiger partial charge in [0.2, 0.25) is 0 Å². The number of β-amino-alcohol motifs (C(OH)–C–C–N with tert-alkyl or cyclic N) is 1. The predicted octanol–water partition coefficient (Wildman–Crippen LogP) is 0.0500. The zero-order valence-electron chi connectivity index (χ0n) is 9.91. The number of pyridine rings is 1. The minimum atomic E-state index is -1.10. The molecular formula is C12H14N2O4. The summed E-state index contributed by atoms with van der Waals surface area (Å²) in [5.74, 6) is -1.51. The molecule has 0 unspecified atom stereocenters. The average molecular weight is 250 g/mol. The molecule has 0 aliphatic carbocycles. The molecule has 2 atom stereocenters. The number of carbonyl (C=O) groups excluding carboxylic acids is 1. The summed E-state index contributed by atoms with van der Waals surface area (Å²) < 4.78 is 0. The Balaban J connectivity index is 2.22. The Hall–Kier alpha value is -1.95. The number of likely N-dealkylation sites (tertiary alicyclic amines) is 1. The Labute approximate surface area is 104 Å². The van der Waals surface area contributed by atoms with Crippen molar-refractivity contribution in [1.82, 2.24) is 9.88 Å². The molecule has 6 heteroatoms. The van der Waals surface area contributed by atoms with E-state index in [2.05, 4.69) is 4.98 Å². The molecule has 18 heavy (non-hydrogen) atoms. The van der Waals surface area contributed by atoms with Crippen LogP contribution >= 0.6 is 0 Å². The van der Waals surface area contributed by atoms with Gasteiger partial charge in [0.25, 0.3) is 5.91 Å². The van der Waals surface area contributed by atoms with E-state index in [9.17, 15) is 14.7 Å². The number of aryl methyl sites for hydroxylation is 1. The highest BCUT2D eigenvalue weighted by Crippen LogP contribution is 2.20. The van der Waals surface area contributed by atoms with Crippen LogP contribution in [-0.2, 0) is 4.79 Å². The minimum absolute atomic E-state index is 0.0453. The molecule has 0 saturated carbocycles. The van der Waals surface area contributed by atoms with E-state index in [1.807, 2.05) is 0 Å². The van der Waals surface area contributed by atoms with E-state index >= 15 is 0 Å². The second-order valence-electron chi connectivity index (χ2n) is 4.39. The quantitative estimate of drug-likeness (QED) is 0.774. The number of aliphatic hydroxyl groups is 1. The monoisotopic (exact) mass is 250 g/mol. The molecule has 1 aliphatic rings. The summed E-state index contributed by atoms with van der Waals surface area (Å²) in [7, 11) is 0. The van der Waals surface area contributed by atoms with Crippen LogP contribution in [0.5, 0.6) is 0 Å². The van der Waals surface area contributed by atoms with Gasteiger partial charge in [0.1, 0.15) is 6.04 Å². The normalized spacial score (nSPS) is 23.1. The van der Waals surface area contributed by atoms with Gasteiger partial charge in [0.05, 0.1) is 11.7 Å². The molecule has 1 aliphatic heterocycles. The number of aromatic nitrogens is 1. The second-order valence-corrected chi connectivity index (χ2v) is 4.39. The summed E-state index contributed by atoms with van der Waals surface area (Å²) in [5, 5.41) is 18.5. The third kappa shape index (κ3) is 2.33. The molecular weight excluding hydrogens is 236 g/mol. The van der Waals surface area contributed by atoms with Crippen molar-refractivity contribution >= 4 is 11.9 Å². The fourth-order valence-electron chi connectivity index (χ4n) is 2.03. The van der Waals surface area contributed by atoms with Crippen LogP contribution in [0.3, 0.4) is 0 Å². The van der Waals surface area contributed by atoms with Crippen molar-refractivity contribution in [2.75, 3.05) is 6.54 Å². The molecule has 2 rings (SSSR count). The van der Waals surface area contributed by atoms with Crippen molar-refractivity contribution < 1.29 is 19.8 Å². The van der Waals surface area contributed by atoms with Gasteiger partial charge in [-0.1, -0.05) is 0 Å². The molecule has 1 aromatic rings. The first-order valence-corrected chi connectivity index (χ1v) is 5.63. The molecule has 0 radical (unpaired) electrons. The smallest absolute Gasteiger partial charge is 0.326 e. The van der Waals surface area contributed by atoms with E-state index in [0.29, 0.717) is 5.56 Å². The molecule has 2 N–H and O–H groups in total. The van der Waals surface area contributed by atoms with E-state index < -0.39 is 24.0 Å². The van der Waals surface area contributed by atoms with E-state index in [1.54, 1.807) is 19.1 Å². The van der Waals surface area contributed by atoms with Gasteiger partial charge < -0.3 is 15.1 Å². The molecule has 0 bridgehead atoms. The molecule has 1 fully saturated rings. The SMILES string of the molecule is Cc1ccc(C(=O)N2C[C@H](O)C[C@H]2C(=O)O)cn1. The van der Waals surface area contributed by atoms with Crippen molar-refractivity contribution in [2.45, 2.75) is 25.5 Å². The number of amides is 1. The molecule has 2 heterocycles. The van der Waals surface area contributed by atoms with E-state index in [4.69, 9.17) is 5.11 Å². The highest BCUT2D eigenvalue weighted by molar-refractivity contribution is 5.96. The minimum Gasteiger partial charge on any atom is -0.480 e. The van der Waals surface area contributed by atoms with Crippen LogP contribution in [0.15, 0.2) is 18.3 Å². The zero-order valence-corrected chi connectivity index (χ0v) is 9.91. The van der Waals surface area contributed by atoms with Crippen molar-refractivity contribution in [2.24, 2.45) is 0 Å². The van der Waals surface area contributed by atoms with Crippen LogP contribution in [0.25, 0.3) is 0 Å². The maximum absolute atomic E-state index is 12.1. The van der Waals surface area contributed by atoms with Crippen molar-refractivity contribution in [1.29, 1.82) is 0 Å². The summed E-state index contributed by atoms with van der Waals surface area (Å²) >= 11 is 0. The Morgan fingerprint density at radius 3 is 2.72 bits per heavy atom. The van der Waals surface area contributed by atoms with Gasteiger partial charge in [0, 0.05) is 24.9 Å². The van der Waals surface area contributed by atoms with Gasteiger partial charge in [-0.05, 0) is 19.1 Å². The van der Waals surface area contributed by atoms with Crippen LogP contribution in [0.4, 0.5) is 0 Å². The fourth-order valence-corrected chi connectivity index (χ4v) is 2.03. The number of aliphatic hydroxyl groups excluding tert-OH is 1. The van der Waals surface area contributed by atoms with Gasteiger partial charge in [-0.3, -0.25) is 9.78 Å². The molecule has 0 spiro atoms. The van der Waals surface area contributed by atoms with Gasteiger partial charge in [-0.15, -0.1) is 0 Å². The van der Waals surface area contributed by atoms with Crippen LogP contribution in [-0.4, -0.2) is 50.7 Å². The van der Waals surface area contributed by atoms with Gasteiger partial charge in [-0.25, -0.2) is 4.79 Å². The number of hydrogen-bond donors (Lipinski definition) is 2. The fraction of sp³-hybridized carbons (Fsp3) is 0.417. The van der Waals surface area contributed by atoms with Crippen molar-refractivity contribution in [3.63, 3.8) is 0 Å². The second kappa shape index (κ2) is 4.73. The first-order chi connectivity index (χ1) is 8.49. The maximum atomic E-state index is 12.1. The lowest BCUT2D eigenvalue weighted by molar-refractivity contribution is -0.141. The van der Waals surface area contributed by atoms with E-state index in [1.165, 1.54) is 11.1 Å². The highest BCUT2D eigenvalue weighted by Gasteiger charge is 2.39. The number of carboxylic acids is 1. The number of carboxylic acid groups (broad SMARTS) is 1. The molecule has 1 amide bonds. The zero-order chi connectivity index (χ0) is 13.3. The average Bonchev–Trinajstić information content (AvgIpc) is 2.71. The Kier molecular flexibility index (Phi) is 3.29. The Morgan fingerprint density at radius 1 is 1.44 bits per heavy atom. The number of carbonyl (C=O) groups is 2. The largest absolute Gasteiger partial charge is 0.480 e. The van der Waals surface area contributed by atoms with Crippen LogP contribution in [0.1, 0.15) is 22.5 Å². The number of nitrogens with zero attached hydrogens (tertiary/aromatic N) is 2. The van der Waals surface area contributed by atoms with Crippen LogP contribution in [0.2, 0.25) is 0 Å².